The molecule has 1 rings (SSSR count). The maximum atomic E-state index is 9.52. The summed E-state index contributed by atoms with van der Waals surface area (Å²) in [6.45, 7) is 5.53. The van der Waals surface area contributed by atoms with Crippen LogP contribution in [0.5, 0.6) is 11.5 Å². The average Bonchev–Trinajstić information content (AvgIpc) is 2.08. The number of methoxy groups -OCH3 is 1. The molecule has 0 spiro atoms. The molecule has 0 aliphatic carbocycles. The molecule has 0 aliphatic heterocycles. The standard InChI is InChI=1S/C10H12O2/c1-4-8-5-7(2)6-9(12-3)10(8)11/h4-6,11H,1H2,2-3H3. The number of aryl methyl sites for hydroxylation is 1. The lowest BCUT2D eigenvalue weighted by molar-refractivity contribution is 0.372. The Morgan fingerprint density at radius 3 is 2.67 bits per heavy atom. The van der Waals surface area contributed by atoms with Crippen molar-refractivity contribution in [3.05, 3.63) is 29.8 Å². The smallest absolute Gasteiger partial charge is 0.165 e. The first-order valence-corrected chi connectivity index (χ1v) is 3.69. The van der Waals surface area contributed by atoms with E-state index in [0.29, 0.717) is 11.3 Å². The number of rotatable bonds is 2. The number of phenols is 1. The molecule has 0 aromatic heterocycles. The normalized spacial score (nSPS) is 9.50. The molecule has 0 bridgehead atoms. The van der Waals surface area contributed by atoms with Crippen molar-refractivity contribution in [2.45, 2.75) is 6.92 Å². The van der Waals surface area contributed by atoms with Gasteiger partial charge in [0.1, 0.15) is 0 Å². The van der Waals surface area contributed by atoms with E-state index in [1.807, 2.05) is 13.0 Å². The third-order valence-corrected chi connectivity index (χ3v) is 1.69. The molecule has 0 saturated carbocycles. The molecule has 1 N–H and O–H groups in total. The van der Waals surface area contributed by atoms with Crippen molar-refractivity contribution in [2.75, 3.05) is 7.11 Å². The minimum Gasteiger partial charge on any atom is -0.504 e. The summed E-state index contributed by atoms with van der Waals surface area (Å²) >= 11 is 0. The molecule has 1 aromatic rings. The summed E-state index contributed by atoms with van der Waals surface area (Å²) in [5.41, 5.74) is 1.74. The Morgan fingerprint density at radius 1 is 1.50 bits per heavy atom. The molecule has 2 nitrogen and oxygen atoms in total. The Morgan fingerprint density at radius 2 is 2.17 bits per heavy atom. The maximum absolute atomic E-state index is 9.52. The van der Waals surface area contributed by atoms with E-state index in [9.17, 15) is 5.11 Å². The summed E-state index contributed by atoms with van der Waals surface area (Å²) in [6.07, 6.45) is 1.60. The number of ether oxygens (including phenoxy) is 1. The number of benzene rings is 1. The fourth-order valence-corrected chi connectivity index (χ4v) is 1.08. The molecule has 0 amide bonds. The van der Waals surface area contributed by atoms with Gasteiger partial charge in [-0.2, -0.15) is 0 Å². The predicted molar refractivity (Wildman–Crippen MR) is 49.5 cm³/mol. The molecule has 0 saturated heterocycles. The van der Waals surface area contributed by atoms with Gasteiger partial charge in [-0.25, -0.2) is 0 Å². The van der Waals surface area contributed by atoms with Crippen LogP contribution in [-0.4, -0.2) is 12.2 Å². The van der Waals surface area contributed by atoms with E-state index in [1.165, 1.54) is 7.11 Å². The summed E-state index contributed by atoms with van der Waals surface area (Å²) in [6, 6.07) is 3.63. The Bertz CT molecular complexity index is 303. The number of phenolic OH excluding ortho intramolecular Hbond substituents is 1. The Kier molecular flexibility index (Phi) is 2.38. The van der Waals surface area contributed by atoms with E-state index in [-0.39, 0.29) is 5.75 Å². The van der Waals surface area contributed by atoms with Gasteiger partial charge in [-0.15, -0.1) is 0 Å². The monoisotopic (exact) mass is 164 g/mol. The zero-order chi connectivity index (χ0) is 9.14. The highest BCUT2D eigenvalue weighted by Gasteiger charge is 2.05. The van der Waals surface area contributed by atoms with Gasteiger partial charge in [0, 0.05) is 5.56 Å². The van der Waals surface area contributed by atoms with Gasteiger partial charge >= 0.3 is 0 Å². The second-order valence-electron chi connectivity index (χ2n) is 2.61. The Hall–Kier alpha value is -1.44. The van der Waals surface area contributed by atoms with E-state index in [2.05, 4.69) is 6.58 Å². The van der Waals surface area contributed by atoms with Gasteiger partial charge in [-0.1, -0.05) is 12.7 Å². The number of aromatic hydroxyl groups is 1. The average molecular weight is 164 g/mol. The number of hydrogen-bond donors (Lipinski definition) is 1. The SMILES string of the molecule is C=Cc1cc(C)cc(OC)c1O. The Balaban J connectivity index is 3.31. The van der Waals surface area contributed by atoms with Crippen molar-refractivity contribution in [1.29, 1.82) is 0 Å². The fourth-order valence-electron chi connectivity index (χ4n) is 1.08. The quantitative estimate of drug-likeness (QED) is 0.727. The van der Waals surface area contributed by atoms with Gasteiger partial charge in [0.05, 0.1) is 7.11 Å². The van der Waals surface area contributed by atoms with Gasteiger partial charge in [0.2, 0.25) is 0 Å². The first-order valence-electron chi connectivity index (χ1n) is 3.69. The molecule has 0 fully saturated rings. The minimum atomic E-state index is 0.151. The molecular formula is C10H12O2. The van der Waals surface area contributed by atoms with Crippen LogP contribution in [0.25, 0.3) is 6.08 Å². The summed E-state index contributed by atoms with van der Waals surface area (Å²) in [7, 11) is 1.53. The van der Waals surface area contributed by atoms with Crippen LogP contribution in [0.4, 0.5) is 0 Å². The van der Waals surface area contributed by atoms with Crippen LogP contribution in [-0.2, 0) is 0 Å². The largest absolute Gasteiger partial charge is 0.504 e. The molecule has 0 aliphatic rings. The fraction of sp³-hybridized carbons (Fsp3) is 0.200. The van der Waals surface area contributed by atoms with Crippen LogP contribution in [0.2, 0.25) is 0 Å². The van der Waals surface area contributed by atoms with Gasteiger partial charge in [-0.05, 0) is 24.6 Å². The van der Waals surface area contributed by atoms with E-state index in [0.717, 1.165) is 5.56 Å². The van der Waals surface area contributed by atoms with E-state index in [4.69, 9.17) is 4.74 Å². The molecule has 0 heterocycles. The third kappa shape index (κ3) is 1.42. The molecular weight excluding hydrogens is 152 g/mol. The molecule has 12 heavy (non-hydrogen) atoms. The zero-order valence-electron chi connectivity index (χ0n) is 7.29. The van der Waals surface area contributed by atoms with Crippen molar-refractivity contribution < 1.29 is 9.84 Å². The van der Waals surface area contributed by atoms with Crippen LogP contribution >= 0.6 is 0 Å². The van der Waals surface area contributed by atoms with Crippen LogP contribution in [0.15, 0.2) is 18.7 Å². The van der Waals surface area contributed by atoms with Gasteiger partial charge in [0.15, 0.2) is 11.5 Å². The molecule has 2 heteroatoms. The van der Waals surface area contributed by atoms with E-state index < -0.39 is 0 Å². The molecule has 0 unspecified atom stereocenters. The van der Waals surface area contributed by atoms with Crippen LogP contribution in [0.1, 0.15) is 11.1 Å². The maximum Gasteiger partial charge on any atom is 0.165 e. The lowest BCUT2D eigenvalue weighted by Crippen LogP contribution is -1.87. The van der Waals surface area contributed by atoms with E-state index >= 15 is 0 Å². The zero-order valence-corrected chi connectivity index (χ0v) is 7.29. The van der Waals surface area contributed by atoms with Gasteiger partial charge in [-0.3, -0.25) is 0 Å². The van der Waals surface area contributed by atoms with Crippen molar-refractivity contribution in [3.63, 3.8) is 0 Å². The van der Waals surface area contributed by atoms with Crippen LogP contribution < -0.4 is 4.74 Å². The second-order valence-corrected chi connectivity index (χ2v) is 2.61. The Labute approximate surface area is 72.1 Å². The van der Waals surface area contributed by atoms with Crippen LogP contribution in [0, 0.1) is 6.92 Å². The molecule has 1 aromatic carbocycles. The first-order chi connectivity index (χ1) is 5.69. The highest BCUT2D eigenvalue weighted by Crippen LogP contribution is 2.31. The summed E-state index contributed by atoms with van der Waals surface area (Å²) in [4.78, 5) is 0. The number of hydrogen-bond acceptors (Lipinski definition) is 2. The highest BCUT2D eigenvalue weighted by atomic mass is 16.5. The predicted octanol–water partition coefficient (Wildman–Crippen LogP) is 2.35. The van der Waals surface area contributed by atoms with Crippen molar-refractivity contribution >= 4 is 6.08 Å². The lowest BCUT2D eigenvalue weighted by atomic mass is 10.1. The summed E-state index contributed by atoms with van der Waals surface area (Å²) < 4.78 is 4.97. The highest BCUT2D eigenvalue weighted by molar-refractivity contribution is 5.61. The van der Waals surface area contributed by atoms with Crippen molar-refractivity contribution in [3.8, 4) is 11.5 Å². The van der Waals surface area contributed by atoms with E-state index in [1.54, 1.807) is 12.1 Å². The second kappa shape index (κ2) is 3.30. The topological polar surface area (TPSA) is 29.5 Å². The lowest BCUT2D eigenvalue weighted by Gasteiger charge is -2.06. The van der Waals surface area contributed by atoms with Crippen LogP contribution in [0.3, 0.4) is 0 Å². The first kappa shape index (κ1) is 8.65. The molecule has 0 atom stereocenters. The van der Waals surface area contributed by atoms with Crippen molar-refractivity contribution in [2.24, 2.45) is 0 Å². The summed E-state index contributed by atoms with van der Waals surface area (Å²) in [5.74, 6) is 0.642. The van der Waals surface area contributed by atoms with Gasteiger partial charge < -0.3 is 9.84 Å². The molecule has 0 radical (unpaired) electrons. The third-order valence-electron chi connectivity index (χ3n) is 1.69. The van der Waals surface area contributed by atoms with Gasteiger partial charge in [0.25, 0.3) is 0 Å². The summed E-state index contributed by atoms with van der Waals surface area (Å²) in [5, 5.41) is 9.52. The van der Waals surface area contributed by atoms with Crippen molar-refractivity contribution in [1.82, 2.24) is 0 Å². The minimum absolute atomic E-state index is 0.151. The molecule has 64 valence electrons.